The minimum Gasteiger partial charge on any atom is -0.484 e. The highest BCUT2D eigenvalue weighted by atomic mass is 35.5. The van der Waals surface area contributed by atoms with E-state index in [1.54, 1.807) is 12.1 Å². The Morgan fingerprint density at radius 2 is 1.50 bits per heavy atom. The Bertz CT molecular complexity index is 901. The average Bonchev–Trinajstić information content (AvgIpc) is 2.75. The number of hydrogen-bond donors (Lipinski definition) is 0. The van der Waals surface area contributed by atoms with E-state index in [9.17, 15) is 22.4 Å². The van der Waals surface area contributed by atoms with Crippen LogP contribution in [0.3, 0.4) is 0 Å². The molecule has 0 spiro atoms. The molecule has 9 heteroatoms. The Hall–Kier alpha value is -2.48. The number of amides is 1. The molecule has 0 aliphatic carbocycles. The maximum atomic E-state index is 14.1. The van der Waals surface area contributed by atoms with Crippen molar-refractivity contribution in [1.82, 2.24) is 4.90 Å². The molecule has 0 radical (unpaired) electrons. The second-order valence-corrected chi connectivity index (χ2v) is 7.68. The smallest absolute Gasteiger partial charge is 0.260 e. The predicted octanol–water partition coefficient (Wildman–Crippen LogP) is 4.75. The lowest BCUT2D eigenvalue weighted by Crippen LogP contribution is -2.50. The molecule has 2 aromatic rings. The van der Waals surface area contributed by atoms with Gasteiger partial charge in [-0.05, 0) is 23.6 Å². The van der Waals surface area contributed by atoms with Crippen LogP contribution in [0.2, 0.25) is 5.02 Å². The zero-order valence-corrected chi connectivity index (χ0v) is 17.3. The monoisotopic (exact) mass is 444 g/mol. The van der Waals surface area contributed by atoms with Crippen LogP contribution in [-0.2, 0) is 4.79 Å². The van der Waals surface area contributed by atoms with Gasteiger partial charge in [-0.1, -0.05) is 37.6 Å². The molecule has 1 aliphatic heterocycles. The van der Waals surface area contributed by atoms with Gasteiger partial charge < -0.3 is 14.5 Å². The highest BCUT2D eigenvalue weighted by Crippen LogP contribution is 2.33. The quantitative estimate of drug-likeness (QED) is 0.379. The molecular weight excluding hydrogens is 424 g/mol. The molecule has 3 rings (SSSR count). The fraction of sp³-hybridized carbons (Fsp3) is 0.381. The second kappa shape index (κ2) is 9.12. The van der Waals surface area contributed by atoms with Gasteiger partial charge in [0.1, 0.15) is 16.5 Å². The first-order chi connectivity index (χ1) is 14.2. The van der Waals surface area contributed by atoms with Crippen LogP contribution in [0.25, 0.3) is 0 Å². The highest BCUT2D eigenvalue weighted by Gasteiger charge is 2.30. The molecular formula is C21H21ClF4N2O2. The van der Waals surface area contributed by atoms with E-state index in [4.69, 9.17) is 16.3 Å². The van der Waals surface area contributed by atoms with Crippen LogP contribution in [-0.4, -0.2) is 43.6 Å². The van der Waals surface area contributed by atoms with E-state index in [1.165, 1.54) is 4.90 Å². The maximum Gasteiger partial charge on any atom is 0.260 e. The van der Waals surface area contributed by atoms with Gasteiger partial charge in [0, 0.05) is 26.2 Å². The largest absolute Gasteiger partial charge is 0.484 e. The lowest BCUT2D eigenvalue weighted by molar-refractivity contribution is -0.133. The van der Waals surface area contributed by atoms with Gasteiger partial charge in [0.25, 0.3) is 5.91 Å². The van der Waals surface area contributed by atoms with Crippen LogP contribution in [0.5, 0.6) is 5.75 Å². The number of anilines is 1. The third-order valence-corrected chi connectivity index (χ3v) is 5.38. The molecule has 162 valence electrons. The first-order valence-electron chi connectivity index (χ1n) is 9.47. The van der Waals surface area contributed by atoms with Gasteiger partial charge in [0.15, 0.2) is 29.9 Å². The molecule has 0 N–H and O–H groups in total. The van der Waals surface area contributed by atoms with E-state index in [0.29, 0.717) is 11.7 Å². The number of carbonyl (C=O) groups is 1. The fourth-order valence-corrected chi connectivity index (χ4v) is 3.40. The minimum absolute atomic E-state index is 0.00315. The number of nitrogens with zero attached hydrogens (tertiary/aromatic N) is 2. The van der Waals surface area contributed by atoms with Gasteiger partial charge in [-0.25, -0.2) is 17.6 Å². The molecule has 4 nitrogen and oxygen atoms in total. The van der Waals surface area contributed by atoms with Gasteiger partial charge in [-0.3, -0.25) is 4.79 Å². The number of carbonyl (C=O) groups excluding carboxylic acids is 1. The van der Waals surface area contributed by atoms with Crippen molar-refractivity contribution in [3.63, 3.8) is 0 Å². The van der Waals surface area contributed by atoms with E-state index in [1.807, 2.05) is 12.1 Å². The Kier molecular flexibility index (Phi) is 6.75. The van der Waals surface area contributed by atoms with Gasteiger partial charge in [0.05, 0.1) is 0 Å². The molecule has 0 atom stereocenters. The minimum atomic E-state index is -1.64. The Morgan fingerprint density at radius 1 is 0.967 bits per heavy atom. The zero-order chi connectivity index (χ0) is 22.0. The average molecular weight is 445 g/mol. The Labute approximate surface area is 177 Å². The number of piperazine rings is 1. The van der Waals surface area contributed by atoms with Crippen molar-refractivity contribution in [3.8, 4) is 5.75 Å². The summed E-state index contributed by atoms with van der Waals surface area (Å²) in [5.74, 6) is -5.73. The molecule has 1 saturated heterocycles. The fourth-order valence-electron chi connectivity index (χ4n) is 3.24. The number of hydrogen-bond acceptors (Lipinski definition) is 3. The normalized spacial score (nSPS) is 14.4. The summed E-state index contributed by atoms with van der Waals surface area (Å²) in [5, 5.41) is -1.22. The van der Waals surface area contributed by atoms with Gasteiger partial charge in [0.2, 0.25) is 0 Å². The van der Waals surface area contributed by atoms with Crippen LogP contribution in [0, 0.1) is 23.3 Å². The van der Waals surface area contributed by atoms with Gasteiger partial charge in [-0.2, -0.15) is 0 Å². The van der Waals surface area contributed by atoms with Crippen LogP contribution in [0.15, 0.2) is 24.3 Å². The summed E-state index contributed by atoms with van der Waals surface area (Å²) < 4.78 is 61.2. The molecule has 1 amide bonds. The van der Waals surface area contributed by atoms with E-state index in [0.717, 1.165) is 10.5 Å². The summed E-state index contributed by atoms with van der Waals surface area (Å²) in [7, 11) is 0. The number of halogens is 5. The van der Waals surface area contributed by atoms with E-state index < -0.39 is 34.0 Å². The van der Waals surface area contributed by atoms with Crippen molar-refractivity contribution in [3.05, 3.63) is 58.1 Å². The lowest BCUT2D eigenvalue weighted by Gasteiger charge is -2.36. The third-order valence-electron chi connectivity index (χ3n) is 5.04. The highest BCUT2D eigenvalue weighted by molar-refractivity contribution is 6.31. The summed E-state index contributed by atoms with van der Waals surface area (Å²) in [4.78, 5) is 15.0. The van der Waals surface area contributed by atoms with Crippen molar-refractivity contribution in [2.24, 2.45) is 0 Å². The molecule has 1 heterocycles. The van der Waals surface area contributed by atoms with Crippen molar-refractivity contribution in [2.75, 3.05) is 37.7 Å². The lowest BCUT2D eigenvalue weighted by atomic mass is 10.0. The maximum absolute atomic E-state index is 14.1. The first kappa shape index (κ1) is 22.2. The Morgan fingerprint density at radius 3 is 2.00 bits per heavy atom. The van der Waals surface area contributed by atoms with Crippen molar-refractivity contribution < 1.29 is 27.1 Å². The number of ether oxygens (including phenoxy) is 1. The zero-order valence-electron chi connectivity index (χ0n) is 16.5. The van der Waals surface area contributed by atoms with Crippen LogP contribution < -0.4 is 9.64 Å². The summed E-state index contributed by atoms with van der Waals surface area (Å²) in [6.45, 7) is 4.21. The predicted molar refractivity (Wildman–Crippen MR) is 106 cm³/mol. The van der Waals surface area contributed by atoms with Crippen LogP contribution in [0.1, 0.15) is 25.3 Å². The topological polar surface area (TPSA) is 32.8 Å². The molecule has 2 aromatic carbocycles. The molecule has 0 saturated carbocycles. The van der Waals surface area contributed by atoms with Crippen LogP contribution >= 0.6 is 11.6 Å². The summed E-state index contributed by atoms with van der Waals surface area (Å²) in [6.07, 6.45) is 0. The SMILES string of the molecule is CC(C)c1ccc(OCC(=O)N2CCN(c3c(F)c(F)c(Cl)c(F)c3F)CC2)cc1. The van der Waals surface area contributed by atoms with Crippen molar-refractivity contribution in [1.29, 1.82) is 0 Å². The van der Waals surface area contributed by atoms with Crippen molar-refractivity contribution >= 4 is 23.2 Å². The summed E-state index contributed by atoms with van der Waals surface area (Å²) >= 11 is 5.26. The van der Waals surface area contributed by atoms with E-state index in [-0.39, 0.29) is 38.7 Å². The summed E-state index contributed by atoms with van der Waals surface area (Å²) in [6, 6.07) is 7.43. The third kappa shape index (κ3) is 4.48. The van der Waals surface area contributed by atoms with Gasteiger partial charge in [-0.15, -0.1) is 0 Å². The molecule has 30 heavy (non-hydrogen) atoms. The molecule has 0 unspecified atom stereocenters. The molecule has 1 aliphatic rings. The van der Waals surface area contributed by atoms with Crippen LogP contribution in [0.4, 0.5) is 23.2 Å². The summed E-state index contributed by atoms with van der Waals surface area (Å²) in [5.41, 5.74) is 0.335. The van der Waals surface area contributed by atoms with E-state index in [2.05, 4.69) is 13.8 Å². The number of rotatable bonds is 5. The molecule has 0 bridgehead atoms. The van der Waals surface area contributed by atoms with E-state index >= 15 is 0 Å². The molecule has 0 aromatic heterocycles. The standard InChI is InChI=1S/C21H21ClF4N2O2/c1-12(2)13-3-5-14(6-4-13)30-11-15(29)27-7-9-28(10-8-27)21-19(25)17(23)16(22)18(24)20(21)26/h3-6,12H,7-11H2,1-2H3. The van der Waals surface area contributed by atoms with Crippen molar-refractivity contribution in [2.45, 2.75) is 19.8 Å². The Balaban J connectivity index is 1.58. The van der Waals surface area contributed by atoms with Gasteiger partial charge >= 0.3 is 0 Å². The molecule has 1 fully saturated rings. The second-order valence-electron chi connectivity index (χ2n) is 7.30. The number of benzene rings is 2. The first-order valence-corrected chi connectivity index (χ1v) is 9.85.